The van der Waals surface area contributed by atoms with Crippen molar-refractivity contribution in [3.63, 3.8) is 0 Å². The van der Waals surface area contributed by atoms with Crippen LogP contribution >= 0.6 is 0 Å². The van der Waals surface area contributed by atoms with Crippen LogP contribution in [-0.2, 0) is 19.6 Å². The Hall–Kier alpha value is -0.950. The van der Waals surface area contributed by atoms with E-state index in [0.717, 1.165) is 19.3 Å². The molecule has 6 nitrogen and oxygen atoms in total. The number of ketones is 1. The van der Waals surface area contributed by atoms with Gasteiger partial charge in [-0.25, -0.2) is 8.42 Å². The molecule has 1 unspecified atom stereocenters. The summed E-state index contributed by atoms with van der Waals surface area (Å²) in [6.07, 6.45) is 5.37. The van der Waals surface area contributed by atoms with Gasteiger partial charge in [-0.15, -0.1) is 0 Å². The van der Waals surface area contributed by atoms with Gasteiger partial charge in [-0.2, -0.15) is 4.31 Å². The Labute approximate surface area is 120 Å². The zero-order chi connectivity index (χ0) is 14.8. The standard InChI is InChI=1S/C13H22N2O4S/c1-20(18,19)15-7-3-2-4-11(15)5-6-14-13(17)10-8-12(16)9-10/h10-11H,2-9H2,1H3,(H,14,17). The van der Waals surface area contributed by atoms with Crippen molar-refractivity contribution in [3.8, 4) is 0 Å². The van der Waals surface area contributed by atoms with E-state index in [1.165, 1.54) is 6.26 Å². The fourth-order valence-electron chi connectivity index (χ4n) is 2.88. The van der Waals surface area contributed by atoms with E-state index in [-0.39, 0.29) is 23.7 Å². The van der Waals surface area contributed by atoms with Gasteiger partial charge in [-0.3, -0.25) is 9.59 Å². The van der Waals surface area contributed by atoms with Crippen LogP contribution in [0.4, 0.5) is 0 Å². The number of rotatable bonds is 5. The summed E-state index contributed by atoms with van der Waals surface area (Å²) in [6.45, 7) is 1.05. The summed E-state index contributed by atoms with van der Waals surface area (Å²) in [5.74, 6) is -0.105. The highest BCUT2D eigenvalue weighted by Crippen LogP contribution is 2.24. The third kappa shape index (κ3) is 3.79. The number of piperidine rings is 1. The maximum Gasteiger partial charge on any atom is 0.224 e. The first-order valence-corrected chi connectivity index (χ1v) is 8.99. The molecule has 1 aliphatic carbocycles. The van der Waals surface area contributed by atoms with Crippen molar-refractivity contribution < 1.29 is 18.0 Å². The molecule has 1 amide bonds. The molecule has 0 aromatic heterocycles. The van der Waals surface area contributed by atoms with Crippen molar-refractivity contribution in [2.45, 2.75) is 44.6 Å². The maximum atomic E-state index is 11.7. The monoisotopic (exact) mass is 302 g/mol. The van der Waals surface area contributed by atoms with E-state index in [2.05, 4.69) is 5.32 Å². The summed E-state index contributed by atoms with van der Waals surface area (Å²) in [5, 5.41) is 2.81. The summed E-state index contributed by atoms with van der Waals surface area (Å²) >= 11 is 0. The molecule has 1 saturated carbocycles. The lowest BCUT2D eigenvalue weighted by molar-refractivity contribution is -0.138. The number of nitrogens with zero attached hydrogens (tertiary/aromatic N) is 1. The average Bonchev–Trinajstić information content (AvgIpc) is 2.34. The summed E-state index contributed by atoms with van der Waals surface area (Å²) in [4.78, 5) is 22.5. The minimum atomic E-state index is -3.17. The van der Waals surface area contributed by atoms with Crippen LogP contribution in [0.3, 0.4) is 0 Å². The predicted octanol–water partition coefficient (Wildman–Crippen LogP) is 0.286. The molecule has 0 radical (unpaired) electrons. The molecule has 0 bridgehead atoms. The van der Waals surface area contributed by atoms with Gasteiger partial charge in [0, 0.05) is 32.0 Å². The van der Waals surface area contributed by atoms with Gasteiger partial charge in [-0.05, 0) is 19.3 Å². The highest BCUT2D eigenvalue weighted by molar-refractivity contribution is 7.88. The van der Waals surface area contributed by atoms with Crippen molar-refractivity contribution in [2.75, 3.05) is 19.3 Å². The summed E-state index contributed by atoms with van der Waals surface area (Å²) in [7, 11) is -3.17. The Balaban J connectivity index is 1.77. The zero-order valence-electron chi connectivity index (χ0n) is 11.8. The molecular weight excluding hydrogens is 280 g/mol. The molecule has 1 aliphatic heterocycles. The number of sulfonamides is 1. The van der Waals surface area contributed by atoms with Crippen molar-refractivity contribution in [1.82, 2.24) is 9.62 Å². The number of amides is 1. The van der Waals surface area contributed by atoms with E-state index in [9.17, 15) is 18.0 Å². The van der Waals surface area contributed by atoms with Gasteiger partial charge < -0.3 is 5.32 Å². The second-order valence-electron chi connectivity index (χ2n) is 5.75. The van der Waals surface area contributed by atoms with Gasteiger partial charge in [0.1, 0.15) is 5.78 Å². The number of hydrogen-bond acceptors (Lipinski definition) is 4. The van der Waals surface area contributed by atoms with Gasteiger partial charge in [0.05, 0.1) is 12.2 Å². The van der Waals surface area contributed by atoms with Gasteiger partial charge in [-0.1, -0.05) is 6.42 Å². The predicted molar refractivity (Wildman–Crippen MR) is 74.5 cm³/mol. The van der Waals surface area contributed by atoms with Crippen LogP contribution < -0.4 is 5.32 Å². The Bertz CT molecular complexity index is 481. The first-order valence-electron chi connectivity index (χ1n) is 7.14. The molecule has 2 rings (SSSR count). The third-order valence-corrected chi connectivity index (χ3v) is 5.43. The molecule has 1 N–H and O–H groups in total. The van der Waals surface area contributed by atoms with Crippen molar-refractivity contribution in [3.05, 3.63) is 0 Å². The Morgan fingerprint density at radius 1 is 1.35 bits per heavy atom. The minimum Gasteiger partial charge on any atom is -0.356 e. The zero-order valence-corrected chi connectivity index (χ0v) is 12.6. The van der Waals surface area contributed by atoms with Crippen molar-refractivity contribution >= 4 is 21.7 Å². The van der Waals surface area contributed by atoms with Gasteiger partial charge in [0.15, 0.2) is 0 Å². The Morgan fingerprint density at radius 3 is 2.65 bits per heavy atom. The number of nitrogens with one attached hydrogen (secondary N) is 1. The minimum absolute atomic E-state index is 0.0120. The molecule has 7 heteroatoms. The van der Waals surface area contributed by atoms with Crippen LogP contribution in [-0.4, -0.2) is 49.8 Å². The fraction of sp³-hybridized carbons (Fsp3) is 0.846. The molecule has 114 valence electrons. The molecule has 0 aromatic carbocycles. The molecule has 2 aliphatic rings. The molecule has 1 heterocycles. The van der Waals surface area contributed by atoms with E-state index in [0.29, 0.717) is 32.4 Å². The third-order valence-electron chi connectivity index (χ3n) is 4.09. The highest BCUT2D eigenvalue weighted by atomic mass is 32.2. The summed E-state index contributed by atoms with van der Waals surface area (Å²) in [6, 6.07) is -0.0120. The topological polar surface area (TPSA) is 83.6 Å². The van der Waals surface area contributed by atoms with E-state index >= 15 is 0 Å². The molecule has 1 saturated heterocycles. The van der Waals surface area contributed by atoms with Crippen LogP contribution in [0.15, 0.2) is 0 Å². The van der Waals surface area contributed by atoms with Crippen LogP contribution in [0.1, 0.15) is 38.5 Å². The quantitative estimate of drug-likeness (QED) is 0.791. The van der Waals surface area contributed by atoms with Gasteiger partial charge >= 0.3 is 0 Å². The second kappa shape index (κ2) is 6.22. The van der Waals surface area contributed by atoms with E-state index in [4.69, 9.17) is 0 Å². The maximum absolute atomic E-state index is 11.7. The smallest absolute Gasteiger partial charge is 0.224 e. The van der Waals surface area contributed by atoms with E-state index in [1.54, 1.807) is 4.31 Å². The van der Waals surface area contributed by atoms with Crippen LogP contribution in [0.5, 0.6) is 0 Å². The number of carbonyl (C=O) groups excluding carboxylic acids is 2. The first kappa shape index (κ1) is 15.4. The van der Waals surface area contributed by atoms with E-state index < -0.39 is 10.0 Å². The fourth-order valence-corrected chi connectivity index (χ4v) is 4.09. The molecule has 20 heavy (non-hydrogen) atoms. The molecule has 2 fully saturated rings. The van der Waals surface area contributed by atoms with Gasteiger partial charge in [0.25, 0.3) is 0 Å². The lowest BCUT2D eigenvalue weighted by Gasteiger charge is -2.34. The van der Waals surface area contributed by atoms with Crippen LogP contribution in [0.25, 0.3) is 0 Å². The van der Waals surface area contributed by atoms with E-state index in [1.807, 2.05) is 0 Å². The number of Topliss-reactive ketones (excluding diaryl/α,β-unsaturated/α-hetero) is 1. The largest absolute Gasteiger partial charge is 0.356 e. The van der Waals surface area contributed by atoms with Crippen molar-refractivity contribution in [2.24, 2.45) is 5.92 Å². The van der Waals surface area contributed by atoms with Crippen LogP contribution in [0, 0.1) is 5.92 Å². The Morgan fingerprint density at radius 2 is 2.05 bits per heavy atom. The number of carbonyl (C=O) groups is 2. The second-order valence-corrected chi connectivity index (χ2v) is 7.68. The molecule has 0 spiro atoms. The lowest BCUT2D eigenvalue weighted by atomic mass is 9.83. The van der Waals surface area contributed by atoms with Crippen LogP contribution in [0.2, 0.25) is 0 Å². The normalized spacial score (nSPS) is 25.2. The molecule has 1 atom stereocenters. The number of hydrogen-bond donors (Lipinski definition) is 1. The average molecular weight is 302 g/mol. The molecular formula is C13H22N2O4S. The molecule has 0 aromatic rings. The first-order chi connectivity index (χ1) is 9.38. The Kier molecular flexibility index (Phi) is 4.80. The summed E-state index contributed by atoms with van der Waals surface area (Å²) < 4.78 is 24.9. The van der Waals surface area contributed by atoms with Gasteiger partial charge in [0.2, 0.25) is 15.9 Å². The SMILES string of the molecule is CS(=O)(=O)N1CCCCC1CCNC(=O)C1CC(=O)C1. The van der Waals surface area contributed by atoms with Crippen molar-refractivity contribution in [1.29, 1.82) is 0 Å². The summed E-state index contributed by atoms with van der Waals surface area (Å²) in [5.41, 5.74) is 0. The lowest BCUT2D eigenvalue weighted by Crippen LogP contribution is -2.45. The highest BCUT2D eigenvalue weighted by Gasteiger charge is 2.33.